The molecular formula is C25H22ClN5O3S. The van der Waals surface area contributed by atoms with E-state index in [4.69, 9.17) is 21.1 Å². The molecular weight excluding hydrogens is 486 g/mol. The van der Waals surface area contributed by atoms with E-state index in [0.717, 1.165) is 22.6 Å². The molecule has 0 atom stereocenters. The van der Waals surface area contributed by atoms with E-state index in [1.807, 2.05) is 65.2 Å². The lowest BCUT2D eigenvalue weighted by Gasteiger charge is -2.11. The van der Waals surface area contributed by atoms with Gasteiger partial charge in [-0.05, 0) is 60.7 Å². The molecule has 0 radical (unpaired) electrons. The minimum atomic E-state index is -0.280. The van der Waals surface area contributed by atoms with Crippen molar-refractivity contribution in [1.29, 1.82) is 0 Å². The third-order valence-electron chi connectivity index (χ3n) is 4.93. The summed E-state index contributed by atoms with van der Waals surface area (Å²) >= 11 is 7.34. The summed E-state index contributed by atoms with van der Waals surface area (Å²) in [6.45, 7) is 0. The van der Waals surface area contributed by atoms with E-state index in [1.54, 1.807) is 32.6 Å². The van der Waals surface area contributed by atoms with E-state index in [-0.39, 0.29) is 11.7 Å². The smallest absolute Gasteiger partial charge is 0.250 e. The predicted molar refractivity (Wildman–Crippen MR) is 138 cm³/mol. The number of benzene rings is 3. The maximum atomic E-state index is 12.4. The van der Waals surface area contributed by atoms with Crippen molar-refractivity contribution >= 4 is 35.5 Å². The lowest BCUT2D eigenvalue weighted by molar-refractivity contribution is -0.118. The van der Waals surface area contributed by atoms with Crippen LogP contribution in [-0.2, 0) is 4.79 Å². The average Bonchev–Trinajstić information content (AvgIpc) is 3.32. The maximum Gasteiger partial charge on any atom is 0.250 e. The summed E-state index contributed by atoms with van der Waals surface area (Å²) in [5.41, 5.74) is 4.97. The first-order valence-electron chi connectivity index (χ1n) is 10.5. The summed E-state index contributed by atoms with van der Waals surface area (Å²) in [7, 11) is 3.20. The van der Waals surface area contributed by atoms with Gasteiger partial charge in [-0.25, -0.2) is 5.43 Å². The van der Waals surface area contributed by atoms with Gasteiger partial charge in [-0.15, -0.1) is 10.2 Å². The lowest BCUT2D eigenvalue weighted by Crippen LogP contribution is -2.20. The fourth-order valence-electron chi connectivity index (χ4n) is 3.22. The highest BCUT2D eigenvalue weighted by atomic mass is 35.5. The monoisotopic (exact) mass is 507 g/mol. The van der Waals surface area contributed by atoms with Gasteiger partial charge in [0.15, 0.2) is 11.0 Å². The molecule has 0 spiro atoms. The number of ether oxygens (including phenoxy) is 2. The Morgan fingerprint density at radius 1 is 1.03 bits per heavy atom. The molecule has 0 aliphatic heterocycles. The van der Waals surface area contributed by atoms with Crippen molar-refractivity contribution in [1.82, 2.24) is 20.2 Å². The second-order valence-electron chi connectivity index (χ2n) is 7.17. The molecule has 1 aromatic heterocycles. The first-order chi connectivity index (χ1) is 17.1. The molecule has 0 aliphatic rings. The van der Waals surface area contributed by atoms with Crippen LogP contribution in [0.2, 0.25) is 5.02 Å². The SMILES string of the molecule is COc1ccc(-c2nnc(SCC(=O)N/N=C/c3ccccc3OC)n2-c2ccc(Cl)cc2)cc1. The van der Waals surface area contributed by atoms with Crippen LogP contribution in [0.3, 0.4) is 0 Å². The summed E-state index contributed by atoms with van der Waals surface area (Å²) < 4.78 is 12.4. The number of hydrogen-bond acceptors (Lipinski definition) is 7. The Kier molecular flexibility index (Phi) is 8.02. The minimum Gasteiger partial charge on any atom is -0.497 e. The van der Waals surface area contributed by atoms with Crippen molar-refractivity contribution in [3.63, 3.8) is 0 Å². The van der Waals surface area contributed by atoms with E-state index >= 15 is 0 Å². The molecule has 0 unspecified atom stereocenters. The number of carbonyl (C=O) groups is 1. The molecule has 8 nitrogen and oxygen atoms in total. The number of methoxy groups -OCH3 is 2. The number of carbonyl (C=O) groups excluding carboxylic acids is 1. The van der Waals surface area contributed by atoms with Crippen LogP contribution in [0.1, 0.15) is 5.56 Å². The minimum absolute atomic E-state index is 0.0948. The zero-order valence-corrected chi connectivity index (χ0v) is 20.6. The highest BCUT2D eigenvalue weighted by molar-refractivity contribution is 7.99. The molecule has 0 bridgehead atoms. The van der Waals surface area contributed by atoms with Crippen molar-refractivity contribution in [3.8, 4) is 28.6 Å². The highest BCUT2D eigenvalue weighted by Gasteiger charge is 2.17. The summed E-state index contributed by atoms with van der Waals surface area (Å²) in [4.78, 5) is 12.4. The molecule has 1 amide bonds. The number of rotatable bonds is 9. The quantitative estimate of drug-likeness (QED) is 0.198. The van der Waals surface area contributed by atoms with Crippen LogP contribution in [0, 0.1) is 0 Å². The largest absolute Gasteiger partial charge is 0.497 e. The van der Waals surface area contributed by atoms with Gasteiger partial charge in [0.25, 0.3) is 5.91 Å². The van der Waals surface area contributed by atoms with Gasteiger partial charge in [-0.3, -0.25) is 9.36 Å². The first-order valence-corrected chi connectivity index (χ1v) is 11.9. The lowest BCUT2D eigenvalue weighted by atomic mass is 10.2. The molecule has 3 aromatic carbocycles. The number of amides is 1. The van der Waals surface area contributed by atoms with Crippen molar-refractivity contribution in [2.45, 2.75) is 5.16 Å². The Morgan fingerprint density at radius 3 is 2.49 bits per heavy atom. The van der Waals surface area contributed by atoms with Gasteiger partial charge in [-0.1, -0.05) is 35.5 Å². The topological polar surface area (TPSA) is 90.6 Å². The molecule has 178 valence electrons. The predicted octanol–water partition coefficient (Wildman–Crippen LogP) is 4.85. The third kappa shape index (κ3) is 6.00. The third-order valence-corrected chi connectivity index (χ3v) is 6.11. The second-order valence-corrected chi connectivity index (χ2v) is 8.55. The van der Waals surface area contributed by atoms with Gasteiger partial charge in [-0.2, -0.15) is 5.10 Å². The number of nitrogens with one attached hydrogen (secondary N) is 1. The zero-order chi connectivity index (χ0) is 24.6. The van der Waals surface area contributed by atoms with E-state index in [2.05, 4.69) is 20.7 Å². The summed E-state index contributed by atoms with van der Waals surface area (Å²) in [6, 6.07) is 22.3. The Bertz CT molecular complexity index is 1320. The number of thioether (sulfide) groups is 1. The fourth-order valence-corrected chi connectivity index (χ4v) is 4.09. The van der Waals surface area contributed by atoms with Gasteiger partial charge in [0.2, 0.25) is 0 Å². The van der Waals surface area contributed by atoms with Gasteiger partial charge in [0.1, 0.15) is 11.5 Å². The van der Waals surface area contributed by atoms with Crippen LogP contribution in [0.4, 0.5) is 0 Å². The second kappa shape index (κ2) is 11.5. The fraction of sp³-hybridized carbons (Fsp3) is 0.120. The normalized spacial score (nSPS) is 10.9. The van der Waals surface area contributed by atoms with Crippen LogP contribution in [0.15, 0.2) is 83.1 Å². The number of halogens is 1. The van der Waals surface area contributed by atoms with Crippen LogP contribution in [-0.4, -0.2) is 46.9 Å². The number of nitrogens with zero attached hydrogens (tertiary/aromatic N) is 4. The van der Waals surface area contributed by atoms with Crippen LogP contribution in [0.5, 0.6) is 11.5 Å². The number of para-hydroxylation sites is 1. The molecule has 0 fully saturated rings. The molecule has 4 aromatic rings. The summed E-state index contributed by atoms with van der Waals surface area (Å²) in [5.74, 6) is 1.86. The van der Waals surface area contributed by atoms with Gasteiger partial charge < -0.3 is 9.47 Å². The summed E-state index contributed by atoms with van der Waals surface area (Å²) in [6.07, 6.45) is 1.54. The molecule has 4 rings (SSSR count). The molecule has 1 heterocycles. The molecule has 0 saturated carbocycles. The number of hydrazone groups is 1. The Hall–Kier alpha value is -3.82. The molecule has 1 N–H and O–H groups in total. The van der Waals surface area contributed by atoms with E-state index < -0.39 is 0 Å². The van der Waals surface area contributed by atoms with Crippen LogP contribution >= 0.6 is 23.4 Å². The number of aromatic nitrogens is 3. The molecule has 0 aliphatic carbocycles. The van der Waals surface area contributed by atoms with Gasteiger partial charge in [0.05, 0.1) is 26.2 Å². The van der Waals surface area contributed by atoms with Crippen LogP contribution < -0.4 is 14.9 Å². The Balaban J connectivity index is 1.52. The Labute approximate surface area is 211 Å². The van der Waals surface area contributed by atoms with Crippen molar-refractivity contribution < 1.29 is 14.3 Å². The Morgan fingerprint density at radius 2 is 1.77 bits per heavy atom. The van der Waals surface area contributed by atoms with E-state index in [9.17, 15) is 4.79 Å². The highest BCUT2D eigenvalue weighted by Crippen LogP contribution is 2.29. The first kappa shape index (κ1) is 24.3. The van der Waals surface area contributed by atoms with Gasteiger partial charge in [0, 0.05) is 21.8 Å². The zero-order valence-electron chi connectivity index (χ0n) is 19.0. The van der Waals surface area contributed by atoms with E-state index in [1.165, 1.54) is 11.8 Å². The molecule has 35 heavy (non-hydrogen) atoms. The van der Waals surface area contributed by atoms with Gasteiger partial charge >= 0.3 is 0 Å². The van der Waals surface area contributed by atoms with Crippen molar-refractivity contribution in [3.05, 3.63) is 83.4 Å². The van der Waals surface area contributed by atoms with E-state index in [0.29, 0.717) is 21.8 Å². The summed E-state index contributed by atoms with van der Waals surface area (Å²) in [5, 5.41) is 13.9. The van der Waals surface area contributed by atoms with Crippen molar-refractivity contribution in [2.24, 2.45) is 5.10 Å². The molecule has 0 saturated heterocycles. The standard InChI is InChI=1S/C25H22ClN5O3S/c1-33-21-13-7-17(8-14-21)24-29-30-25(31(24)20-11-9-19(26)10-12-20)35-16-23(32)28-27-15-18-5-3-4-6-22(18)34-2/h3-15H,16H2,1-2H3,(H,28,32)/b27-15+. The van der Waals surface area contributed by atoms with Crippen molar-refractivity contribution in [2.75, 3.05) is 20.0 Å². The average molecular weight is 508 g/mol. The maximum absolute atomic E-state index is 12.4. The van der Waals surface area contributed by atoms with Crippen LogP contribution in [0.25, 0.3) is 17.1 Å². The number of hydrogen-bond donors (Lipinski definition) is 1. The molecule has 10 heteroatoms.